The Morgan fingerprint density at radius 3 is 2.75 bits per heavy atom. The topological polar surface area (TPSA) is 49.8 Å². The number of halogens is 2. The van der Waals surface area contributed by atoms with Gasteiger partial charge in [0, 0.05) is 0 Å². The fourth-order valence-electron chi connectivity index (χ4n) is 0.830. The highest BCUT2D eigenvalue weighted by Crippen LogP contribution is 2.23. The van der Waals surface area contributed by atoms with E-state index in [1.807, 2.05) is 6.07 Å². The lowest BCUT2D eigenvalue weighted by atomic mass is 10.1. The largest absolute Gasteiger partial charge is 0.395 e. The van der Waals surface area contributed by atoms with Gasteiger partial charge in [0.05, 0.1) is 23.2 Å². The average Bonchev–Trinajstić information content (AvgIpc) is 2.01. The van der Waals surface area contributed by atoms with Gasteiger partial charge in [-0.15, -0.1) is 0 Å². The summed E-state index contributed by atoms with van der Waals surface area (Å²) >= 11 is 5.58. The lowest BCUT2D eigenvalue weighted by molar-refractivity contribution is 0.631. The second kappa shape index (κ2) is 3.42. The highest BCUT2D eigenvalue weighted by atomic mass is 35.5. The van der Waals surface area contributed by atoms with Crippen molar-refractivity contribution in [1.29, 1.82) is 5.26 Å². The zero-order valence-corrected chi connectivity index (χ0v) is 6.90. The molecule has 12 heavy (non-hydrogen) atoms. The second-order valence-corrected chi connectivity index (χ2v) is 2.72. The predicted molar refractivity (Wildman–Crippen MR) is 45.1 cm³/mol. The lowest BCUT2D eigenvalue weighted by Crippen LogP contribution is -1.94. The number of nitriles is 1. The third kappa shape index (κ3) is 1.66. The Labute approximate surface area is 74.4 Å². The van der Waals surface area contributed by atoms with Crippen LogP contribution in [0.3, 0.4) is 0 Å². The van der Waals surface area contributed by atoms with Crippen molar-refractivity contribution >= 4 is 17.3 Å². The summed E-state index contributed by atoms with van der Waals surface area (Å²) in [6, 6.07) is 4.59. The zero-order valence-electron chi connectivity index (χ0n) is 6.14. The molecule has 0 spiro atoms. The molecule has 2 nitrogen and oxygen atoms in total. The SMILES string of the molecule is N#CCc1cc(F)c(N)c(Cl)c1. The molecule has 0 aliphatic rings. The van der Waals surface area contributed by atoms with E-state index in [2.05, 4.69) is 0 Å². The van der Waals surface area contributed by atoms with Crippen molar-refractivity contribution in [3.63, 3.8) is 0 Å². The second-order valence-electron chi connectivity index (χ2n) is 2.31. The van der Waals surface area contributed by atoms with Crippen molar-refractivity contribution in [2.45, 2.75) is 6.42 Å². The van der Waals surface area contributed by atoms with E-state index in [1.54, 1.807) is 0 Å². The molecule has 0 fully saturated rings. The summed E-state index contributed by atoms with van der Waals surface area (Å²) in [5, 5.41) is 8.48. The van der Waals surface area contributed by atoms with Gasteiger partial charge in [-0.25, -0.2) is 4.39 Å². The molecule has 0 aliphatic heterocycles. The van der Waals surface area contributed by atoms with E-state index >= 15 is 0 Å². The molecular weight excluding hydrogens is 179 g/mol. The van der Waals surface area contributed by atoms with Crippen LogP contribution in [0, 0.1) is 17.1 Å². The summed E-state index contributed by atoms with van der Waals surface area (Å²) in [5.74, 6) is -0.576. The summed E-state index contributed by atoms with van der Waals surface area (Å²) in [5.41, 5.74) is 5.72. The average molecular weight is 185 g/mol. The molecular formula is C8H6ClFN2. The molecule has 0 unspecified atom stereocenters. The Morgan fingerprint density at radius 2 is 2.25 bits per heavy atom. The summed E-state index contributed by atoms with van der Waals surface area (Å²) in [6.07, 6.45) is 0.136. The lowest BCUT2D eigenvalue weighted by Gasteiger charge is -2.01. The Kier molecular flexibility index (Phi) is 2.51. The number of nitrogen functional groups attached to an aromatic ring is 1. The monoisotopic (exact) mass is 184 g/mol. The van der Waals surface area contributed by atoms with Crippen LogP contribution in [0.5, 0.6) is 0 Å². The van der Waals surface area contributed by atoms with Crippen molar-refractivity contribution in [2.24, 2.45) is 0 Å². The predicted octanol–water partition coefficient (Wildman–Crippen LogP) is 2.13. The molecule has 0 aliphatic carbocycles. The third-order valence-electron chi connectivity index (χ3n) is 1.42. The molecule has 0 atom stereocenters. The van der Waals surface area contributed by atoms with Crippen LogP contribution >= 0.6 is 11.6 Å². The minimum atomic E-state index is -0.576. The first-order valence-electron chi connectivity index (χ1n) is 3.25. The molecule has 0 aromatic heterocycles. The van der Waals surface area contributed by atoms with Gasteiger partial charge in [-0.05, 0) is 17.7 Å². The van der Waals surface area contributed by atoms with Crippen LogP contribution in [0.1, 0.15) is 5.56 Å². The number of anilines is 1. The standard InChI is InChI=1S/C8H6ClFN2/c9-6-3-5(1-2-11)4-7(10)8(6)12/h3-4H,1,12H2. The third-order valence-corrected chi connectivity index (χ3v) is 1.73. The van der Waals surface area contributed by atoms with Crippen LogP contribution in [0.15, 0.2) is 12.1 Å². The van der Waals surface area contributed by atoms with Crippen molar-refractivity contribution in [3.05, 3.63) is 28.5 Å². The summed E-state index contributed by atoms with van der Waals surface area (Å²) in [6.45, 7) is 0. The van der Waals surface area contributed by atoms with E-state index in [0.717, 1.165) is 0 Å². The maximum atomic E-state index is 12.8. The van der Waals surface area contributed by atoms with Crippen molar-refractivity contribution in [1.82, 2.24) is 0 Å². The molecule has 0 amide bonds. The van der Waals surface area contributed by atoms with Crippen molar-refractivity contribution in [3.8, 4) is 6.07 Å². The number of hydrogen-bond acceptors (Lipinski definition) is 2. The fraction of sp³-hybridized carbons (Fsp3) is 0.125. The van der Waals surface area contributed by atoms with Gasteiger partial charge in [0.15, 0.2) is 0 Å². The maximum absolute atomic E-state index is 12.8. The Balaban J connectivity index is 3.14. The molecule has 1 rings (SSSR count). The molecule has 1 aromatic carbocycles. The number of hydrogen-bond donors (Lipinski definition) is 1. The summed E-state index contributed by atoms with van der Waals surface area (Å²) in [7, 11) is 0. The van der Waals surface area contributed by atoms with Gasteiger partial charge in [0.2, 0.25) is 0 Å². The van der Waals surface area contributed by atoms with Crippen LogP contribution in [0.25, 0.3) is 0 Å². The van der Waals surface area contributed by atoms with Gasteiger partial charge in [-0.2, -0.15) is 5.26 Å². The van der Waals surface area contributed by atoms with E-state index in [9.17, 15) is 4.39 Å². The quantitative estimate of drug-likeness (QED) is 0.680. The molecule has 62 valence electrons. The van der Waals surface area contributed by atoms with Gasteiger partial charge >= 0.3 is 0 Å². The first-order chi connectivity index (χ1) is 5.65. The first kappa shape index (κ1) is 8.82. The molecule has 4 heteroatoms. The molecule has 1 aromatic rings. The van der Waals surface area contributed by atoms with E-state index in [4.69, 9.17) is 22.6 Å². The zero-order chi connectivity index (χ0) is 9.14. The van der Waals surface area contributed by atoms with Gasteiger partial charge in [0.1, 0.15) is 5.82 Å². The minimum absolute atomic E-state index is 0.0710. The normalized spacial score (nSPS) is 9.42. The van der Waals surface area contributed by atoms with Crippen LogP contribution in [0.2, 0.25) is 5.02 Å². The van der Waals surface area contributed by atoms with Crippen LogP contribution in [0.4, 0.5) is 10.1 Å². The summed E-state index contributed by atoms with van der Waals surface area (Å²) < 4.78 is 12.8. The number of rotatable bonds is 1. The highest BCUT2D eigenvalue weighted by molar-refractivity contribution is 6.33. The van der Waals surface area contributed by atoms with Gasteiger partial charge in [-0.1, -0.05) is 11.6 Å². The number of nitrogens with two attached hydrogens (primary N) is 1. The molecule has 2 N–H and O–H groups in total. The van der Waals surface area contributed by atoms with E-state index in [1.165, 1.54) is 12.1 Å². The van der Waals surface area contributed by atoms with E-state index in [0.29, 0.717) is 5.56 Å². The van der Waals surface area contributed by atoms with Gasteiger partial charge in [0.25, 0.3) is 0 Å². The van der Waals surface area contributed by atoms with Gasteiger partial charge < -0.3 is 5.73 Å². The molecule has 0 saturated carbocycles. The number of nitrogens with zero attached hydrogens (tertiary/aromatic N) is 1. The van der Waals surface area contributed by atoms with Crippen molar-refractivity contribution in [2.75, 3.05) is 5.73 Å². The molecule has 0 saturated heterocycles. The highest BCUT2D eigenvalue weighted by Gasteiger charge is 2.05. The van der Waals surface area contributed by atoms with Gasteiger partial charge in [-0.3, -0.25) is 0 Å². The Hall–Kier alpha value is -1.27. The van der Waals surface area contributed by atoms with E-state index in [-0.39, 0.29) is 17.1 Å². The van der Waals surface area contributed by atoms with Crippen LogP contribution in [-0.4, -0.2) is 0 Å². The Morgan fingerprint density at radius 1 is 1.58 bits per heavy atom. The van der Waals surface area contributed by atoms with Crippen LogP contribution < -0.4 is 5.73 Å². The van der Waals surface area contributed by atoms with Crippen LogP contribution in [-0.2, 0) is 6.42 Å². The first-order valence-corrected chi connectivity index (χ1v) is 3.63. The molecule has 0 radical (unpaired) electrons. The van der Waals surface area contributed by atoms with Crippen molar-refractivity contribution < 1.29 is 4.39 Å². The smallest absolute Gasteiger partial charge is 0.147 e. The molecule has 0 heterocycles. The summed E-state index contributed by atoms with van der Waals surface area (Å²) in [4.78, 5) is 0. The molecule has 0 bridgehead atoms. The Bertz CT molecular complexity index is 320. The number of benzene rings is 1. The van der Waals surface area contributed by atoms with E-state index < -0.39 is 5.82 Å². The maximum Gasteiger partial charge on any atom is 0.147 e. The fourth-order valence-corrected chi connectivity index (χ4v) is 1.06. The minimum Gasteiger partial charge on any atom is -0.395 e.